The predicted octanol–water partition coefficient (Wildman–Crippen LogP) is 2.56. The summed E-state index contributed by atoms with van der Waals surface area (Å²) in [4.78, 5) is 21.9. The highest BCUT2D eigenvalue weighted by Crippen LogP contribution is 2.32. The van der Waals surface area contributed by atoms with Crippen molar-refractivity contribution in [2.75, 3.05) is 0 Å². The van der Waals surface area contributed by atoms with Gasteiger partial charge in [-0.15, -0.1) is 0 Å². The van der Waals surface area contributed by atoms with Crippen molar-refractivity contribution in [1.82, 2.24) is 5.32 Å². The third kappa shape index (κ3) is 3.33. The van der Waals surface area contributed by atoms with Crippen LogP contribution in [0.3, 0.4) is 0 Å². The number of aryl methyl sites for hydroxylation is 1. The van der Waals surface area contributed by atoms with Crippen molar-refractivity contribution in [2.45, 2.75) is 31.5 Å². The summed E-state index contributed by atoms with van der Waals surface area (Å²) in [5.41, 5.74) is 2.23. The normalized spacial score (nSPS) is 17.9. The van der Waals surface area contributed by atoms with Crippen molar-refractivity contribution >= 4 is 12.2 Å². The van der Waals surface area contributed by atoms with Crippen molar-refractivity contribution < 1.29 is 22.8 Å². The molecular formula is C13H12F3NO2. The van der Waals surface area contributed by atoms with Gasteiger partial charge in [-0.2, -0.15) is 13.2 Å². The van der Waals surface area contributed by atoms with E-state index in [0.717, 1.165) is 17.4 Å². The van der Waals surface area contributed by atoms with Gasteiger partial charge in [-0.25, -0.2) is 0 Å². The number of hydrogen-bond acceptors (Lipinski definition) is 2. The molecule has 2 rings (SSSR count). The lowest BCUT2D eigenvalue weighted by Gasteiger charge is -2.15. The van der Waals surface area contributed by atoms with E-state index in [2.05, 4.69) is 5.32 Å². The van der Waals surface area contributed by atoms with E-state index in [-0.39, 0.29) is 0 Å². The fourth-order valence-electron chi connectivity index (χ4n) is 2.29. The summed E-state index contributed by atoms with van der Waals surface area (Å²) in [6.45, 7) is 0. The molecule has 1 aliphatic carbocycles. The number of fused-ring (bicyclic) bond motifs is 1. The Morgan fingerprint density at radius 2 is 2.16 bits per heavy atom. The molecule has 0 saturated carbocycles. The van der Waals surface area contributed by atoms with Gasteiger partial charge in [0.1, 0.15) is 12.7 Å². The molecule has 3 nitrogen and oxygen atoms in total. The average Bonchev–Trinajstić information content (AvgIpc) is 2.69. The minimum absolute atomic E-state index is 0.398. The zero-order chi connectivity index (χ0) is 14.0. The Morgan fingerprint density at radius 1 is 1.42 bits per heavy atom. The van der Waals surface area contributed by atoms with Crippen LogP contribution in [0.15, 0.2) is 18.2 Å². The van der Waals surface area contributed by atoms with E-state index < -0.39 is 24.5 Å². The topological polar surface area (TPSA) is 46.2 Å². The first kappa shape index (κ1) is 13.6. The zero-order valence-corrected chi connectivity index (χ0v) is 9.96. The molecule has 1 atom stereocenters. The van der Waals surface area contributed by atoms with Crippen molar-refractivity contribution in [3.8, 4) is 0 Å². The quantitative estimate of drug-likeness (QED) is 0.859. The second kappa shape index (κ2) is 5.03. The lowest BCUT2D eigenvalue weighted by molar-refractivity contribution is -0.154. The van der Waals surface area contributed by atoms with E-state index in [1.165, 1.54) is 0 Å². The molecule has 0 radical (unpaired) electrons. The summed E-state index contributed by atoms with van der Waals surface area (Å²) >= 11 is 0. The number of amides is 1. The van der Waals surface area contributed by atoms with Gasteiger partial charge in [0.15, 0.2) is 0 Å². The zero-order valence-electron chi connectivity index (χ0n) is 9.96. The van der Waals surface area contributed by atoms with Gasteiger partial charge < -0.3 is 5.32 Å². The van der Waals surface area contributed by atoms with Gasteiger partial charge in [-0.1, -0.05) is 12.1 Å². The number of carbonyl (C=O) groups is 2. The number of halogens is 3. The van der Waals surface area contributed by atoms with Crippen molar-refractivity contribution in [3.63, 3.8) is 0 Å². The number of carbonyl (C=O) groups excluding carboxylic acids is 2. The molecular weight excluding hydrogens is 259 g/mol. The molecule has 1 unspecified atom stereocenters. The molecule has 0 spiro atoms. The van der Waals surface area contributed by atoms with Gasteiger partial charge in [0, 0.05) is 5.56 Å². The fourth-order valence-corrected chi connectivity index (χ4v) is 2.29. The Balaban J connectivity index is 2.06. The van der Waals surface area contributed by atoms with E-state index in [9.17, 15) is 22.8 Å². The van der Waals surface area contributed by atoms with Crippen LogP contribution in [0.4, 0.5) is 13.2 Å². The van der Waals surface area contributed by atoms with Crippen LogP contribution in [0.1, 0.15) is 40.4 Å². The number of benzene rings is 1. The Kier molecular flexibility index (Phi) is 3.59. The number of aldehydes is 1. The average molecular weight is 271 g/mol. The van der Waals surface area contributed by atoms with Gasteiger partial charge in [0.05, 0.1) is 6.04 Å². The molecule has 0 aromatic heterocycles. The summed E-state index contributed by atoms with van der Waals surface area (Å²) in [6.07, 6.45) is -4.04. The number of rotatable bonds is 3. The molecule has 1 amide bonds. The Labute approximate surface area is 107 Å². The first-order chi connectivity index (χ1) is 8.89. The van der Waals surface area contributed by atoms with Gasteiger partial charge in [0.2, 0.25) is 5.91 Å². The van der Waals surface area contributed by atoms with Crippen LogP contribution in [0.25, 0.3) is 0 Å². The minimum Gasteiger partial charge on any atom is -0.349 e. The van der Waals surface area contributed by atoms with E-state index >= 15 is 0 Å². The molecule has 0 saturated heterocycles. The van der Waals surface area contributed by atoms with Crippen LogP contribution < -0.4 is 5.32 Å². The van der Waals surface area contributed by atoms with Crippen LogP contribution in [0, 0.1) is 0 Å². The SMILES string of the molecule is O=Cc1ccc2c(c1)CCC2NC(=O)CC(F)(F)F. The van der Waals surface area contributed by atoms with Crippen molar-refractivity contribution in [2.24, 2.45) is 0 Å². The van der Waals surface area contributed by atoms with E-state index in [1.54, 1.807) is 18.2 Å². The summed E-state index contributed by atoms with van der Waals surface area (Å²) in [6, 6.07) is 4.59. The fraction of sp³-hybridized carbons (Fsp3) is 0.385. The van der Waals surface area contributed by atoms with Gasteiger partial charge >= 0.3 is 6.18 Å². The molecule has 0 heterocycles. The predicted molar refractivity (Wildman–Crippen MR) is 61.7 cm³/mol. The largest absolute Gasteiger partial charge is 0.397 e. The van der Waals surface area contributed by atoms with Crippen LogP contribution in [0.2, 0.25) is 0 Å². The van der Waals surface area contributed by atoms with E-state index in [4.69, 9.17) is 0 Å². The second-order valence-electron chi connectivity index (χ2n) is 4.53. The Bertz CT molecular complexity index is 511. The summed E-state index contributed by atoms with van der Waals surface area (Å²) in [5, 5.41) is 2.38. The summed E-state index contributed by atoms with van der Waals surface area (Å²) in [7, 11) is 0. The van der Waals surface area contributed by atoms with Gasteiger partial charge in [-0.3, -0.25) is 9.59 Å². The van der Waals surface area contributed by atoms with Crippen LogP contribution in [-0.2, 0) is 11.2 Å². The highest BCUT2D eigenvalue weighted by molar-refractivity contribution is 5.78. The minimum atomic E-state index is -4.49. The van der Waals surface area contributed by atoms with Crippen molar-refractivity contribution in [1.29, 1.82) is 0 Å². The first-order valence-corrected chi connectivity index (χ1v) is 5.83. The van der Waals surface area contributed by atoms with Crippen molar-refractivity contribution in [3.05, 3.63) is 34.9 Å². The Hall–Kier alpha value is -1.85. The maximum atomic E-state index is 12.1. The Morgan fingerprint density at radius 3 is 2.79 bits per heavy atom. The lowest BCUT2D eigenvalue weighted by Crippen LogP contribution is -2.31. The highest BCUT2D eigenvalue weighted by Gasteiger charge is 2.33. The molecule has 1 aromatic carbocycles. The molecule has 1 N–H and O–H groups in total. The highest BCUT2D eigenvalue weighted by atomic mass is 19.4. The monoisotopic (exact) mass is 271 g/mol. The standard InChI is InChI=1S/C13H12F3NO2/c14-13(15,16)6-12(19)17-11-4-2-9-5-8(7-18)1-3-10(9)11/h1,3,5,7,11H,2,4,6H2,(H,17,19). The third-order valence-corrected chi connectivity index (χ3v) is 3.08. The maximum absolute atomic E-state index is 12.1. The maximum Gasteiger partial charge on any atom is 0.397 e. The van der Waals surface area contributed by atoms with Crippen LogP contribution >= 0.6 is 0 Å². The molecule has 0 aliphatic heterocycles. The number of nitrogens with one attached hydrogen (secondary N) is 1. The summed E-state index contributed by atoms with van der Waals surface area (Å²) < 4.78 is 36.2. The lowest BCUT2D eigenvalue weighted by atomic mass is 10.1. The van der Waals surface area contributed by atoms with E-state index in [0.29, 0.717) is 18.4 Å². The molecule has 0 fully saturated rings. The summed E-state index contributed by atoms with van der Waals surface area (Å²) in [5.74, 6) is -1.02. The number of hydrogen-bond donors (Lipinski definition) is 1. The number of alkyl halides is 3. The molecule has 1 aromatic rings. The van der Waals surface area contributed by atoms with Gasteiger partial charge in [0.25, 0.3) is 0 Å². The molecule has 0 bridgehead atoms. The third-order valence-electron chi connectivity index (χ3n) is 3.08. The van der Waals surface area contributed by atoms with Gasteiger partial charge in [-0.05, 0) is 30.0 Å². The molecule has 6 heteroatoms. The van der Waals surface area contributed by atoms with Crippen LogP contribution in [-0.4, -0.2) is 18.4 Å². The van der Waals surface area contributed by atoms with E-state index in [1.807, 2.05) is 0 Å². The molecule has 19 heavy (non-hydrogen) atoms. The first-order valence-electron chi connectivity index (χ1n) is 5.83. The molecule has 1 aliphatic rings. The second-order valence-corrected chi connectivity index (χ2v) is 4.53. The molecule has 102 valence electrons. The smallest absolute Gasteiger partial charge is 0.349 e. The van der Waals surface area contributed by atoms with Crippen LogP contribution in [0.5, 0.6) is 0 Å².